The van der Waals surface area contributed by atoms with Gasteiger partial charge in [0.1, 0.15) is 0 Å². The summed E-state index contributed by atoms with van der Waals surface area (Å²) in [5, 5.41) is 16.2. The zero-order valence-electron chi connectivity index (χ0n) is 16.4. The van der Waals surface area contributed by atoms with Crippen molar-refractivity contribution in [2.45, 2.75) is 64.4 Å². The first-order valence-electron chi connectivity index (χ1n) is 9.19. The Morgan fingerprint density at radius 2 is 1.92 bits per heavy atom. The van der Waals surface area contributed by atoms with Gasteiger partial charge in [0.2, 0.25) is 0 Å². The van der Waals surface area contributed by atoms with Gasteiger partial charge in [0.05, 0.1) is 20.8 Å². The topological polar surface area (TPSA) is 95.3 Å². The Bertz CT molecular complexity index is 616. The van der Waals surface area contributed by atoms with Crippen molar-refractivity contribution in [3.05, 3.63) is 40.8 Å². The molecule has 0 bridgehead atoms. The fraction of sp³-hybridized carbons (Fsp3) is 0.632. The maximum atomic E-state index is 11.8. The van der Waals surface area contributed by atoms with Gasteiger partial charge in [-0.3, -0.25) is 4.79 Å². The highest BCUT2D eigenvalue weighted by Gasteiger charge is 2.43. The van der Waals surface area contributed by atoms with Crippen molar-refractivity contribution >= 4 is 19.2 Å². The van der Waals surface area contributed by atoms with Gasteiger partial charge in [-0.25, -0.2) is 0 Å². The number of benzene rings is 1. The lowest BCUT2D eigenvalue weighted by molar-refractivity contribution is -0.143. The van der Waals surface area contributed by atoms with E-state index in [2.05, 4.69) is 35.3 Å². The molecule has 7 heteroatoms. The van der Waals surface area contributed by atoms with Crippen LogP contribution in [0, 0.1) is 5.92 Å². The van der Waals surface area contributed by atoms with Crippen LogP contribution in [0.4, 0.5) is 0 Å². The molecule has 0 radical (unpaired) electrons. The van der Waals surface area contributed by atoms with E-state index in [0.29, 0.717) is 13.0 Å². The molecule has 0 spiro atoms. The Morgan fingerprint density at radius 3 is 2.42 bits per heavy atom. The number of azide groups is 1. The molecule has 0 aromatic heterocycles. The van der Waals surface area contributed by atoms with Crippen LogP contribution >= 0.6 is 0 Å². The first-order chi connectivity index (χ1) is 12.3. The standard InChI is InChI=1S/C19H31N3O3Si/c1-6-25-17(23)13-12-16(21-22-20)19(18(24)14(2)3)26(4,5)15-10-8-7-9-11-15/h7-11,14,16,18-19,24H,6,12-13H2,1-5H3/t16-,18-,19+/m0/s1. The predicted octanol–water partition coefficient (Wildman–Crippen LogP) is 4.01. The number of aliphatic hydroxyl groups excluding tert-OH is 1. The molecule has 144 valence electrons. The number of aliphatic hydroxyl groups is 1. The highest BCUT2D eigenvalue weighted by Crippen LogP contribution is 2.36. The van der Waals surface area contributed by atoms with Crippen molar-refractivity contribution in [2.75, 3.05) is 6.61 Å². The van der Waals surface area contributed by atoms with E-state index >= 15 is 0 Å². The molecule has 6 nitrogen and oxygen atoms in total. The highest BCUT2D eigenvalue weighted by molar-refractivity contribution is 6.91. The van der Waals surface area contributed by atoms with Gasteiger partial charge in [-0.15, -0.1) is 0 Å². The number of hydrogen-bond acceptors (Lipinski definition) is 4. The summed E-state index contributed by atoms with van der Waals surface area (Å²) in [6.07, 6.45) is -0.0619. The number of rotatable bonds is 10. The van der Waals surface area contributed by atoms with E-state index in [1.54, 1.807) is 6.92 Å². The molecular weight excluding hydrogens is 346 g/mol. The van der Waals surface area contributed by atoms with Crippen LogP contribution in [0.2, 0.25) is 18.6 Å². The summed E-state index contributed by atoms with van der Waals surface area (Å²) < 4.78 is 5.00. The maximum absolute atomic E-state index is 11.8. The molecule has 0 saturated heterocycles. The molecule has 0 amide bonds. The second kappa shape index (κ2) is 10.4. The van der Waals surface area contributed by atoms with Crippen LogP contribution in [0.15, 0.2) is 35.4 Å². The van der Waals surface area contributed by atoms with Gasteiger partial charge in [-0.1, -0.05) is 67.6 Å². The van der Waals surface area contributed by atoms with Gasteiger partial charge in [0.25, 0.3) is 0 Å². The molecule has 0 aliphatic heterocycles. The van der Waals surface area contributed by atoms with Crippen molar-refractivity contribution < 1.29 is 14.6 Å². The Balaban J connectivity index is 3.23. The minimum absolute atomic E-state index is 0.0227. The van der Waals surface area contributed by atoms with Crippen LogP contribution in [-0.2, 0) is 9.53 Å². The van der Waals surface area contributed by atoms with Crippen LogP contribution in [0.3, 0.4) is 0 Å². The first kappa shape index (κ1) is 22.2. The SMILES string of the molecule is CCOC(=O)CC[C@H](N=[N+]=[N-])[C@H]([C@@H](O)C(C)C)[Si](C)(C)c1ccccc1. The van der Waals surface area contributed by atoms with Crippen molar-refractivity contribution in [1.29, 1.82) is 0 Å². The third kappa shape index (κ3) is 5.87. The normalized spacial score (nSPS) is 15.0. The zero-order chi connectivity index (χ0) is 19.7. The fourth-order valence-electron chi connectivity index (χ4n) is 3.48. The number of nitrogens with zero attached hydrogens (tertiary/aromatic N) is 3. The summed E-state index contributed by atoms with van der Waals surface area (Å²) in [6, 6.07) is 9.64. The molecule has 0 aliphatic rings. The van der Waals surface area contributed by atoms with Crippen LogP contribution in [0.1, 0.15) is 33.6 Å². The summed E-state index contributed by atoms with van der Waals surface area (Å²) >= 11 is 0. The van der Waals surface area contributed by atoms with Crippen molar-refractivity contribution in [3.63, 3.8) is 0 Å². The fourth-order valence-corrected chi connectivity index (χ4v) is 7.36. The molecule has 0 fully saturated rings. The van der Waals surface area contributed by atoms with E-state index in [1.807, 2.05) is 32.0 Å². The highest BCUT2D eigenvalue weighted by atomic mass is 28.3. The molecule has 0 unspecified atom stereocenters. The molecular formula is C19H31N3O3Si. The molecule has 1 rings (SSSR count). The second-order valence-electron chi connectivity index (χ2n) is 7.46. The third-order valence-electron chi connectivity index (χ3n) is 4.97. The van der Waals surface area contributed by atoms with Crippen LogP contribution in [0.25, 0.3) is 10.4 Å². The lowest BCUT2D eigenvalue weighted by Gasteiger charge is -2.41. The number of carbonyl (C=O) groups is 1. The average molecular weight is 378 g/mol. The molecule has 0 saturated carbocycles. The Hall–Kier alpha value is -1.82. The van der Waals surface area contributed by atoms with Crippen molar-refractivity contribution in [2.24, 2.45) is 11.0 Å². The molecule has 1 aromatic rings. The lowest BCUT2D eigenvalue weighted by Crippen LogP contribution is -2.54. The summed E-state index contributed by atoms with van der Waals surface area (Å²) in [5.41, 5.74) is 8.89. The predicted molar refractivity (Wildman–Crippen MR) is 107 cm³/mol. The second-order valence-corrected chi connectivity index (χ2v) is 12.2. The van der Waals surface area contributed by atoms with Gasteiger partial charge in [0, 0.05) is 17.4 Å². The van der Waals surface area contributed by atoms with E-state index < -0.39 is 20.2 Å². The van der Waals surface area contributed by atoms with Gasteiger partial charge in [-0.05, 0) is 30.3 Å². The minimum Gasteiger partial charge on any atom is -0.466 e. The number of carbonyl (C=O) groups excluding carboxylic acids is 1. The molecule has 26 heavy (non-hydrogen) atoms. The van der Waals surface area contributed by atoms with E-state index in [0.717, 1.165) is 0 Å². The third-order valence-corrected chi connectivity index (χ3v) is 9.18. The van der Waals surface area contributed by atoms with E-state index in [9.17, 15) is 9.90 Å². The van der Waals surface area contributed by atoms with E-state index in [-0.39, 0.29) is 23.8 Å². The number of ether oxygens (including phenoxy) is 1. The summed E-state index contributed by atoms with van der Waals surface area (Å²) in [5.74, 6) is -0.280. The van der Waals surface area contributed by atoms with Crippen LogP contribution < -0.4 is 5.19 Å². The smallest absolute Gasteiger partial charge is 0.305 e. The first-order valence-corrected chi connectivity index (χ1v) is 12.3. The molecule has 0 aliphatic carbocycles. The molecule has 3 atom stereocenters. The van der Waals surface area contributed by atoms with Crippen LogP contribution in [0.5, 0.6) is 0 Å². The Morgan fingerprint density at radius 1 is 1.31 bits per heavy atom. The largest absolute Gasteiger partial charge is 0.466 e. The maximum Gasteiger partial charge on any atom is 0.305 e. The van der Waals surface area contributed by atoms with Gasteiger partial charge < -0.3 is 9.84 Å². The van der Waals surface area contributed by atoms with Crippen LogP contribution in [-0.4, -0.2) is 37.9 Å². The van der Waals surface area contributed by atoms with Gasteiger partial charge in [0.15, 0.2) is 0 Å². The summed E-state index contributed by atoms with van der Waals surface area (Å²) in [7, 11) is -2.19. The summed E-state index contributed by atoms with van der Waals surface area (Å²) in [4.78, 5) is 14.8. The van der Waals surface area contributed by atoms with E-state index in [1.165, 1.54) is 5.19 Å². The van der Waals surface area contributed by atoms with Crippen molar-refractivity contribution in [3.8, 4) is 0 Å². The van der Waals surface area contributed by atoms with Crippen molar-refractivity contribution in [1.82, 2.24) is 0 Å². The van der Waals surface area contributed by atoms with Gasteiger partial charge >= 0.3 is 5.97 Å². The Labute approximate surface area is 157 Å². The summed E-state index contributed by atoms with van der Waals surface area (Å²) in [6.45, 7) is 10.4. The monoisotopic (exact) mass is 377 g/mol. The van der Waals surface area contributed by atoms with E-state index in [4.69, 9.17) is 10.3 Å². The number of hydrogen-bond donors (Lipinski definition) is 1. The minimum atomic E-state index is -2.19. The Kier molecular flexibility index (Phi) is 8.85. The quantitative estimate of drug-likeness (QED) is 0.219. The molecule has 1 aromatic carbocycles. The molecule has 0 heterocycles. The molecule has 1 N–H and O–H groups in total. The lowest BCUT2D eigenvalue weighted by atomic mass is 9.96. The average Bonchev–Trinajstić information content (AvgIpc) is 2.60. The number of esters is 1. The van der Waals surface area contributed by atoms with Gasteiger partial charge in [-0.2, -0.15) is 0 Å². The zero-order valence-corrected chi connectivity index (χ0v) is 17.4.